The molecule has 0 aromatic heterocycles. The molecule has 0 aliphatic heterocycles. The van der Waals surface area contributed by atoms with Crippen LogP contribution in [0.5, 0.6) is 0 Å². The van der Waals surface area contributed by atoms with Crippen LogP contribution in [0.25, 0.3) is 0 Å². The lowest BCUT2D eigenvalue weighted by Crippen LogP contribution is -2.24. The summed E-state index contributed by atoms with van der Waals surface area (Å²) in [6.45, 7) is 4.14. The van der Waals surface area contributed by atoms with Gasteiger partial charge in [0.05, 0.1) is 0 Å². The Balaban J connectivity index is 2.62. The third-order valence-corrected chi connectivity index (χ3v) is 2.85. The van der Waals surface area contributed by atoms with Gasteiger partial charge >= 0.3 is 0 Å². The van der Waals surface area contributed by atoms with Gasteiger partial charge in [0.1, 0.15) is 0 Å². The second-order valence-corrected chi connectivity index (χ2v) is 4.45. The molecule has 0 spiro atoms. The lowest BCUT2D eigenvalue weighted by atomic mass is 9.94. The van der Waals surface area contributed by atoms with Crippen molar-refractivity contribution < 1.29 is 8.78 Å². The van der Waals surface area contributed by atoms with Gasteiger partial charge in [0.2, 0.25) is 0 Å². The molecule has 0 saturated heterocycles. The van der Waals surface area contributed by atoms with E-state index in [1.54, 1.807) is 12.1 Å². The Morgan fingerprint density at radius 3 is 2.56 bits per heavy atom. The topological polar surface area (TPSA) is 12.0 Å². The zero-order valence-corrected chi connectivity index (χ0v) is 10.1. The summed E-state index contributed by atoms with van der Waals surface area (Å²) in [5, 5.41) is 3.14. The average molecular weight is 227 g/mol. The van der Waals surface area contributed by atoms with Gasteiger partial charge in [-0.2, -0.15) is 0 Å². The first-order chi connectivity index (χ1) is 7.54. The van der Waals surface area contributed by atoms with Gasteiger partial charge in [0, 0.05) is 6.04 Å². The molecule has 90 valence electrons. The smallest absolute Gasteiger partial charge is 0.162 e. The van der Waals surface area contributed by atoms with Crippen molar-refractivity contribution in [3.05, 3.63) is 35.4 Å². The van der Waals surface area contributed by atoms with Crippen molar-refractivity contribution in [1.29, 1.82) is 0 Å². The number of hydrogen-bond donors (Lipinski definition) is 1. The highest BCUT2D eigenvalue weighted by Gasteiger charge is 2.12. The van der Waals surface area contributed by atoms with Crippen molar-refractivity contribution in [2.24, 2.45) is 5.92 Å². The Hall–Kier alpha value is -0.960. The molecule has 16 heavy (non-hydrogen) atoms. The Morgan fingerprint density at radius 2 is 1.94 bits per heavy atom. The molecule has 0 aliphatic carbocycles. The Labute approximate surface area is 95.9 Å². The van der Waals surface area contributed by atoms with Crippen LogP contribution in [0.1, 0.15) is 25.8 Å². The molecule has 1 aromatic carbocycles. The normalized spacial score (nSPS) is 14.8. The van der Waals surface area contributed by atoms with Gasteiger partial charge < -0.3 is 5.32 Å². The summed E-state index contributed by atoms with van der Waals surface area (Å²) in [6.07, 6.45) is 1.53. The minimum Gasteiger partial charge on any atom is -0.317 e. The number of benzene rings is 1. The number of rotatable bonds is 5. The molecule has 0 aliphatic rings. The minimum atomic E-state index is -0.758. The third kappa shape index (κ3) is 3.56. The predicted molar refractivity (Wildman–Crippen MR) is 62.4 cm³/mol. The van der Waals surface area contributed by atoms with Crippen molar-refractivity contribution in [2.75, 3.05) is 7.05 Å². The molecule has 1 rings (SSSR count). The van der Waals surface area contributed by atoms with E-state index in [1.165, 1.54) is 0 Å². The first-order valence-electron chi connectivity index (χ1n) is 5.64. The van der Waals surface area contributed by atoms with Crippen LogP contribution in [0.4, 0.5) is 8.78 Å². The summed E-state index contributed by atoms with van der Waals surface area (Å²) in [7, 11) is 1.90. The Kier molecular flexibility index (Phi) is 4.87. The van der Waals surface area contributed by atoms with Gasteiger partial charge in [-0.1, -0.05) is 19.1 Å². The van der Waals surface area contributed by atoms with Crippen molar-refractivity contribution in [2.45, 2.75) is 32.7 Å². The highest BCUT2D eigenvalue weighted by molar-refractivity contribution is 5.19. The second-order valence-electron chi connectivity index (χ2n) is 4.45. The maximum atomic E-state index is 13.4. The second kappa shape index (κ2) is 5.94. The fraction of sp³-hybridized carbons (Fsp3) is 0.538. The average Bonchev–Trinajstić information content (AvgIpc) is 2.24. The van der Waals surface area contributed by atoms with E-state index in [4.69, 9.17) is 0 Å². The maximum absolute atomic E-state index is 13.4. The van der Waals surface area contributed by atoms with Crippen LogP contribution in [0.3, 0.4) is 0 Å². The van der Waals surface area contributed by atoms with Crippen LogP contribution in [0.15, 0.2) is 18.2 Å². The fourth-order valence-corrected chi connectivity index (χ4v) is 1.89. The van der Waals surface area contributed by atoms with Crippen molar-refractivity contribution >= 4 is 0 Å². The number of hydrogen-bond acceptors (Lipinski definition) is 1. The molecular formula is C13H19F2N. The molecular weight excluding hydrogens is 208 g/mol. The van der Waals surface area contributed by atoms with Crippen LogP contribution in [0, 0.1) is 17.6 Å². The highest BCUT2D eigenvalue weighted by Crippen LogP contribution is 2.18. The van der Waals surface area contributed by atoms with Crippen molar-refractivity contribution in [1.82, 2.24) is 5.32 Å². The molecule has 1 nitrogen and oxygen atoms in total. The van der Waals surface area contributed by atoms with Gasteiger partial charge in [0.25, 0.3) is 0 Å². The first-order valence-corrected chi connectivity index (χ1v) is 5.64. The zero-order valence-electron chi connectivity index (χ0n) is 10.1. The quantitative estimate of drug-likeness (QED) is 0.814. The van der Waals surface area contributed by atoms with E-state index in [0.29, 0.717) is 23.9 Å². The summed E-state index contributed by atoms with van der Waals surface area (Å²) in [5.41, 5.74) is 0.468. The van der Waals surface area contributed by atoms with E-state index in [0.717, 1.165) is 12.5 Å². The van der Waals surface area contributed by atoms with Gasteiger partial charge in [-0.3, -0.25) is 0 Å². The van der Waals surface area contributed by atoms with Crippen LogP contribution in [-0.2, 0) is 6.42 Å². The Bertz CT molecular complexity index is 339. The molecule has 3 heteroatoms. The van der Waals surface area contributed by atoms with E-state index in [9.17, 15) is 8.78 Å². The van der Waals surface area contributed by atoms with E-state index in [-0.39, 0.29) is 0 Å². The molecule has 1 N–H and O–H groups in total. The highest BCUT2D eigenvalue weighted by atomic mass is 19.2. The van der Waals surface area contributed by atoms with Crippen molar-refractivity contribution in [3.8, 4) is 0 Å². The van der Waals surface area contributed by atoms with Crippen LogP contribution >= 0.6 is 0 Å². The molecule has 2 unspecified atom stereocenters. The molecule has 0 amide bonds. The van der Waals surface area contributed by atoms with Crippen LogP contribution < -0.4 is 5.32 Å². The van der Waals surface area contributed by atoms with E-state index in [2.05, 4.69) is 19.2 Å². The molecule has 1 aromatic rings. The molecule has 0 heterocycles. The summed E-state index contributed by atoms with van der Waals surface area (Å²) >= 11 is 0. The molecule has 0 bridgehead atoms. The minimum absolute atomic E-state index is 0.332. The molecule has 0 saturated carbocycles. The van der Waals surface area contributed by atoms with E-state index < -0.39 is 11.6 Å². The van der Waals surface area contributed by atoms with E-state index in [1.807, 2.05) is 7.05 Å². The summed E-state index contributed by atoms with van der Waals surface area (Å²) in [5.74, 6) is -1.13. The summed E-state index contributed by atoms with van der Waals surface area (Å²) in [4.78, 5) is 0. The van der Waals surface area contributed by atoms with Gasteiger partial charge in [-0.25, -0.2) is 8.78 Å². The van der Waals surface area contributed by atoms with Crippen LogP contribution in [-0.4, -0.2) is 13.1 Å². The number of nitrogens with one attached hydrogen (secondary N) is 1. The largest absolute Gasteiger partial charge is 0.317 e. The molecule has 0 radical (unpaired) electrons. The standard InChI is InChI=1S/C13H19F2N/c1-9(7-10(2)16-3)8-11-5-4-6-12(14)13(11)15/h4-6,9-10,16H,7-8H2,1-3H3. The number of halogens is 2. The third-order valence-electron chi connectivity index (χ3n) is 2.85. The first kappa shape index (κ1) is 13.1. The zero-order chi connectivity index (χ0) is 12.1. The summed E-state index contributed by atoms with van der Waals surface area (Å²) < 4.78 is 26.4. The molecule has 0 fully saturated rings. The van der Waals surface area contributed by atoms with Gasteiger partial charge in [-0.15, -0.1) is 0 Å². The summed E-state index contributed by atoms with van der Waals surface area (Å²) in [6, 6.07) is 4.76. The monoisotopic (exact) mass is 227 g/mol. The molecule has 2 atom stereocenters. The van der Waals surface area contributed by atoms with Crippen LogP contribution in [0.2, 0.25) is 0 Å². The predicted octanol–water partition coefficient (Wildman–Crippen LogP) is 3.14. The lowest BCUT2D eigenvalue weighted by molar-refractivity contribution is 0.427. The lowest BCUT2D eigenvalue weighted by Gasteiger charge is -2.17. The van der Waals surface area contributed by atoms with Gasteiger partial charge in [-0.05, 0) is 44.4 Å². The SMILES string of the molecule is CNC(C)CC(C)Cc1cccc(F)c1F. The van der Waals surface area contributed by atoms with E-state index >= 15 is 0 Å². The fourth-order valence-electron chi connectivity index (χ4n) is 1.89. The maximum Gasteiger partial charge on any atom is 0.162 e. The Morgan fingerprint density at radius 1 is 1.25 bits per heavy atom. The van der Waals surface area contributed by atoms with Crippen molar-refractivity contribution in [3.63, 3.8) is 0 Å². The van der Waals surface area contributed by atoms with Gasteiger partial charge in [0.15, 0.2) is 11.6 Å².